The zero-order chi connectivity index (χ0) is 29.1. The van der Waals surface area contributed by atoms with E-state index in [0.29, 0.717) is 50.7 Å². The number of nitrogens with zero attached hydrogens (tertiary/aromatic N) is 2. The van der Waals surface area contributed by atoms with Crippen LogP contribution in [0, 0.1) is 0 Å². The lowest BCUT2D eigenvalue weighted by atomic mass is 9.95. The van der Waals surface area contributed by atoms with E-state index in [4.69, 9.17) is 25.8 Å². The minimum atomic E-state index is -0.976. The first-order valence-electron chi connectivity index (χ1n) is 13.2. The number of ether oxygens (including phenoxy) is 3. The maximum Gasteiger partial charge on any atom is 0.301 e. The van der Waals surface area contributed by atoms with E-state index in [9.17, 15) is 14.7 Å². The van der Waals surface area contributed by atoms with Crippen LogP contribution >= 0.6 is 22.9 Å². The molecule has 4 aromatic rings. The summed E-state index contributed by atoms with van der Waals surface area (Å²) in [4.78, 5) is 33.2. The van der Waals surface area contributed by atoms with Crippen LogP contribution in [0.5, 0.6) is 17.2 Å². The van der Waals surface area contributed by atoms with Gasteiger partial charge in [0.1, 0.15) is 11.5 Å². The molecule has 41 heavy (non-hydrogen) atoms. The molecular weight excluding hydrogens is 564 g/mol. The molecule has 1 aliphatic rings. The van der Waals surface area contributed by atoms with Crippen molar-refractivity contribution in [3.63, 3.8) is 0 Å². The van der Waals surface area contributed by atoms with Crippen molar-refractivity contribution in [2.45, 2.75) is 32.2 Å². The number of aromatic nitrogens is 1. The highest BCUT2D eigenvalue weighted by molar-refractivity contribution is 7.22. The number of anilines is 1. The third-order valence-electron chi connectivity index (χ3n) is 6.86. The highest BCUT2D eigenvalue weighted by Gasteiger charge is 2.48. The number of carbonyl (C=O) groups is 2. The van der Waals surface area contributed by atoms with E-state index < -0.39 is 17.7 Å². The number of halogens is 1. The van der Waals surface area contributed by atoms with E-state index in [-0.39, 0.29) is 11.3 Å². The summed E-state index contributed by atoms with van der Waals surface area (Å²) in [5, 5.41) is 12.2. The predicted octanol–water partition coefficient (Wildman–Crippen LogP) is 7.16. The van der Waals surface area contributed by atoms with E-state index in [2.05, 4.69) is 11.9 Å². The van der Waals surface area contributed by atoms with E-state index >= 15 is 0 Å². The third-order valence-corrected chi connectivity index (χ3v) is 8.13. The molecule has 1 atom stereocenters. The lowest BCUT2D eigenvalue weighted by Crippen LogP contribution is -2.29. The average Bonchev–Trinajstić information content (AvgIpc) is 3.52. The molecule has 0 spiro atoms. The zero-order valence-electron chi connectivity index (χ0n) is 22.8. The number of benzene rings is 3. The summed E-state index contributed by atoms with van der Waals surface area (Å²) in [6, 6.07) is 16.1. The first-order chi connectivity index (χ1) is 19.9. The Morgan fingerprint density at radius 3 is 2.49 bits per heavy atom. The largest absolute Gasteiger partial charge is 0.507 e. The van der Waals surface area contributed by atoms with Crippen LogP contribution in [-0.4, -0.2) is 42.6 Å². The summed E-state index contributed by atoms with van der Waals surface area (Å²) in [5.41, 5.74) is 1.49. The molecule has 212 valence electrons. The van der Waals surface area contributed by atoms with Gasteiger partial charge in [-0.05, 0) is 66.6 Å². The minimum absolute atomic E-state index is 0.0622. The molecule has 3 aromatic carbocycles. The number of fused-ring (bicyclic) bond motifs is 1. The molecular formula is C31H29ClN2O6S. The molecule has 1 N–H and O–H groups in total. The lowest BCUT2D eigenvalue weighted by Gasteiger charge is -2.24. The fourth-order valence-corrected chi connectivity index (χ4v) is 5.89. The molecule has 8 nitrogen and oxygen atoms in total. The van der Waals surface area contributed by atoms with Gasteiger partial charge in [-0.25, -0.2) is 4.98 Å². The van der Waals surface area contributed by atoms with Gasteiger partial charge < -0.3 is 19.3 Å². The molecule has 1 saturated heterocycles. The molecule has 0 aliphatic carbocycles. The van der Waals surface area contributed by atoms with Crippen molar-refractivity contribution >= 4 is 55.7 Å². The summed E-state index contributed by atoms with van der Waals surface area (Å²) in [7, 11) is 3.10. The van der Waals surface area contributed by atoms with E-state index in [1.165, 1.54) is 23.3 Å². The number of carbonyl (C=O) groups excluding carboxylic acids is 2. The van der Waals surface area contributed by atoms with Gasteiger partial charge in [-0.15, -0.1) is 0 Å². The lowest BCUT2D eigenvalue weighted by molar-refractivity contribution is -0.132. The van der Waals surface area contributed by atoms with Crippen LogP contribution in [0.1, 0.15) is 43.4 Å². The van der Waals surface area contributed by atoms with Gasteiger partial charge in [0, 0.05) is 10.6 Å². The maximum absolute atomic E-state index is 13.6. The third kappa shape index (κ3) is 5.60. The van der Waals surface area contributed by atoms with Gasteiger partial charge in [-0.3, -0.25) is 14.5 Å². The Labute approximate surface area is 246 Å². The number of Topliss-reactive ketones (excluding diaryl/α,β-unsaturated/α-hetero) is 1. The Morgan fingerprint density at radius 1 is 1.00 bits per heavy atom. The van der Waals surface area contributed by atoms with Crippen molar-refractivity contribution < 1.29 is 28.9 Å². The first kappa shape index (κ1) is 28.4. The fourth-order valence-electron chi connectivity index (χ4n) is 4.74. The van der Waals surface area contributed by atoms with Gasteiger partial charge in [-0.2, -0.15) is 0 Å². The molecule has 0 saturated carbocycles. The van der Waals surface area contributed by atoms with Crippen LogP contribution in [0.2, 0.25) is 5.02 Å². The second kappa shape index (κ2) is 12.2. The number of unbranched alkanes of at least 4 members (excludes halogenated alkanes) is 2. The highest BCUT2D eigenvalue weighted by atomic mass is 35.5. The molecule has 5 rings (SSSR count). The van der Waals surface area contributed by atoms with Gasteiger partial charge in [0.2, 0.25) is 0 Å². The van der Waals surface area contributed by atoms with Crippen molar-refractivity contribution in [3.8, 4) is 17.2 Å². The van der Waals surface area contributed by atoms with Crippen LogP contribution in [0.15, 0.2) is 66.2 Å². The number of methoxy groups -OCH3 is 2. The molecule has 0 bridgehead atoms. The molecule has 1 amide bonds. The average molecular weight is 593 g/mol. The molecule has 0 radical (unpaired) electrons. The van der Waals surface area contributed by atoms with Crippen molar-refractivity contribution in [1.29, 1.82) is 0 Å². The smallest absolute Gasteiger partial charge is 0.301 e. The van der Waals surface area contributed by atoms with Crippen molar-refractivity contribution in [3.05, 3.63) is 82.4 Å². The quantitative estimate of drug-likeness (QED) is 0.0902. The van der Waals surface area contributed by atoms with E-state index in [0.717, 1.165) is 24.0 Å². The van der Waals surface area contributed by atoms with Crippen LogP contribution in [0.25, 0.3) is 16.0 Å². The second-order valence-electron chi connectivity index (χ2n) is 9.47. The van der Waals surface area contributed by atoms with Gasteiger partial charge in [0.15, 0.2) is 16.6 Å². The minimum Gasteiger partial charge on any atom is -0.507 e. The summed E-state index contributed by atoms with van der Waals surface area (Å²) < 4.78 is 17.7. The van der Waals surface area contributed by atoms with Crippen LogP contribution in [0.4, 0.5) is 5.13 Å². The Balaban J connectivity index is 1.65. The van der Waals surface area contributed by atoms with Gasteiger partial charge >= 0.3 is 5.91 Å². The topological polar surface area (TPSA) is 98.2 Å². The normalized spacial score (nSPS) is 16.4. The van der Waals surface area contributed by atoms with Gasteiger partial charge in [0.25, 0.3) is 5.78 Å². The van der Waals surface area contributed by atoms with Crippen molar-refractivity contribution in [2.24, 2.45) is 0 Å². The summed E-state index contributed by atoms with van der Waals surface area (Å²) in [6.45, 7) is 2.66. The summed E-state index contributed by atoms with van der Waals surface area (Å²) >= 11 is 7.30. The van der Waals surface area contributed by atoms with Crippen molar-refractivity contribution in [1.82, 2.24) is 4.98 Å². The number of amides is 1. The standard InChI is InChI=1S/C31H29ClN2O6S/c1-4-5-6-15-40-23-14-9-19(16-24(23)39-3)27-26(28(35)18-7-10-20(32)11-8-18)29(36)30(37)34(27)31-33-22-13-12-21(38-2)17-25(22)41-31/h7-14,16-17,27,35H,4-6,15H2,1-3H3/b28-26+. The zero-order valence-corrected chi connectivity index (χ0v) is 24.4. The number of hydrogen-bond donors (Lipinski definition) is 1. The fraction of sp³-hybridized carbons (Fsp3) is 0.258. The number of aliphatic hydroxyl groups excluding tert-OH is 1. The molecule has 1 fully saturated rings. The van der Waals surface area contributed by atoms with Crippen LogP contribution in [-0.2, 0) is 9.59 Å². The Morgan fingerprint density at radius 2 is 1.78 bits per heavy atom. The molecule has 1 aromatic heterocycles. The van der Waals surface area contributed by atoms with Crippen molar-refractivity contribution in [2.75, 3.05) is 25.7 Å². The Bertz CT molecular complexity index is 1630. The van der Waals surface area contributed by atoms with Crippen LogP contribution < -0.4 is 19.1 Å². The van der Waals surface area contributed by atoms with Gasteiger partial charge in [-0.1, -0.05) is 48.8 Å². The number of aliphatic hydroxyl groups is 1. The SMILES string of the molecule is CCCCCOc1ccc(C2/C(=C(\O)c3ccc(Cl)cc3)C(=O)C(=O)N2c2nc3ccc(OC)cc3s2)cc1OC. The number of hydrogen-bond acceptors (Lipinski definition) is 8. The molecule has 10 heteroatoms. The summed E-state index contributed by atoms with van der Waals surface area (Å²) in [5.74, 6) is -0.282. The molecule has 2 heterocycles. The maximum atomic E-state index is 13.6. The Kier molecular flexibility index (Phi) is 8.46. The monoisotopic (exact) mass is 592 g/mol. The predicted molar refractivity (Wildman–Crippen MR) is 160 cm³/mol. The summed E-state index contributed by atoms with van der Waals surface area (Å²) in [6.07, 6.45) is 3.03. The first-order valence-corrected chi connectivity index (χ1v) is 14.4. The molecule has 1 aliphatic heterocycles. The number of rotatable bonds is 10. The van der Waals surface area contributed by atoms with Crippen LogP contribution in [0.3, 0.4) is 0 Å². The van der Waals surface area contributed by atoms with E-state index in [1.54, 1.807) is 61.7 Å². The number of thiazole rings is 1. The van der Waals surface area contributed by atoms with E-state index in [1.807, 2.05) is 6.07 Å². The number of ketones is 1. The Hall–Kier alpha value is -4.08. The highest BCUT2D eigenvalue weighted by Crippen LogP contribution is 2.46. The second-order valence-corrected chi connectivity index (χ2v) is 10.9. The molecule has 1 unspecified atom stereocenters. The van der Waals surface area contributed by atoms with Gasteiger partial charge in [0.05, 0.1) is 42.7 Å².